The fourth-order valence-corrected chi connectivity index (χ4v) is 4.81. The summed E-state index contributed by atoms with van der Waals surface area (Å²) in [6.45, 7) is 2.04. The van der Waals surface area contributed by atoms with E-state index in [1.54, 1.807) is 30.5 Å². The van der Waals surface area contributed by atoms with Crippen LogP contribution in [0.25, 0.3) is 0 Å². The van der Waals surface area contributed by atoms with E-state index in [0.717, 1.165) is 18.8 Å². The van der Waals surface area contributed by atoms with Gasteiger partial charge < -0.3 is 10.2 Å². The van der Waals surface area contributed by atoms with Crippen molar-refractivity contribution in [3.63, 3.8) is 0 Å². The molecule has 2 aliphatic heterocycles. The Balaban J connectivity index is 1.74. The largest absolute Gasteiger partial charge is 0.368 e. The maximum absolute atomic E-state index is 11.8. The maximum Gasteiger partial charge on any atom is 0.294 e. The van der Waals surface area contributed by atoms with Crippen molar-refractivity contribution in [2.24, 2.45) is 5.92 Å². The first kappa shape index (κ1) is 17.1. The molecule has 0 bridgehead atoms. The zero-order valence-electron chi connectivity index (χ0n) is 13.0. The molecule has 0 spiro atoms. The van der Waals surface area contributed by atoms with Gasteiger partial charge in [0.1, 0.15) is 5.15 Å². The number of anilines is 1. The van der Waals surface area contributed by atoms with Gasteiger partial charge in [0.2, 0.25) is 0 Å². The first-order valence-electron chi connectivity index (χ1n) is 7.69. The van der Waals surface area contributed by atoms with Gasteiger partial charge in [0.05, 0.1) is 27.3 Å². The Morgan fingerprint density at radius 2 is 2.08 bits per heavy atom. The smallest absolute Gasteiger partial charge is 0.294 e. The summed E-state index contributed by atoms with van der Waals surface area (Å²) >= 11 is 12.0. The van der Waals surface area contributed by atoms with Crippen molar-refractivity contribution in [2.45, 2.75) is 10.4 Å². The number of pyridine rings is 1. The van der Waals surface area contributed by atoms with Crippen molar-refractivity contribution in [1.82, 2.24) is 10.3 Å². The van der Waals surface area contributed by atoms with Gasteiger partial charge in [-0.3, -0.25) is 4.55 Å². The summed E-state index contributed by atoms with van der Waals surface area (Å²) in [4.78, 5) is 6.13. The quantitative estimate of drug-likeness (QED) is 0.609. The number of benzene rings is 1. The first-order valence-corrected chi connectivity index (χ1v) is 9.89. The molecule has 1 aromatic carbocycles. The lowest BCUT2D eigenvalue weighted by atomic mass is 9.74. The van der Waals surface area contributed by atoms with E-state index < -0.39 is 15.7 Å². The van der Waals surface area contributed by atoms with E-state index in [0.29, 0.717) is 17.1 Å². The second kappa shape index (κ2) is 5.82. The van der Waals surface area contributed by atoms with Gasteiger partial charge in [0, 0.05) is 25.6 Å². The molecule has 25 heavy (non-hydrogen) atoms. The standard InChI is InChI=1S/C16H15Cl2N3O3S/c17-13-5-11(7-19-15(13)18)21-8-10-6-20-16(10,9-21)12-3-1-2-4-14(12)25(22,23)24/h1-5,7,10,20H,6,8-9H2,(H,22,23,24)/t10-,16?/m0/s1. The van der Waals surface area contributed by atoms with Gasteiger partial charge in [-0.2, -0.15) is 8.42 Å². The highest BCUT2D eigenvalue weighted by molar-refractivity contribution is 7.85. The van der Waals surface area contributed by atoms with Crippen molar-refractivity contribution in [2.75, 3.05) is 24.5 Å². The minimum Gasteiger partial charge on any atom is -0.368 e. The Kier molecular flexibility index (Phi) is 3.97. The Bertz CT molecular complexity index is 953. The number of nitrogens with zero attached hydrogens (tertiary/aromatic N) is 2. The number of aromatic nitrogens is 1. The van der Waals surface area contributed by atoms with E-state index >= 15 is 0 Å². The maximum atomic E-state index is 11.8. The predicted octanol–water partition coefficient (Wildman–Crippen LogP) is 2.57. The molecule has 9 heteroatoms. The Morgan fingerprint density at radius 1 is 1.32 bits per heavy atom. The molecule has 0 amide bonds. The second-order valence-corrected chi connectivity index (χ2v) is 8.52. The molecular formula is C16H15Cl2N3O3S. The predicted molar refractivity (Wildman–Crippen MR) is 95.9 cm³/mol. The molecule has 0 aliphatic carbocycles. The van der Waals surface area contributed by atoms with Gasteiger partial charge in [0.25, 0.3) is 10.1 Å². The van der Waals surface area contributed by atoms with Crippen molar-refractivity contribution in [3.8, 4) is 0 Å². The van der Waals surface area contributed by atoms with Gasteiger partial charge in [0.15, 0.2) is 0 Å². The summed E-state index contributed by atoms with van der Waals surface area (Å²) < 4.78 is 33.2. The molecule has 2 atom stereocenters. The number of hydrogen-bond donors (Lipinski definition) is 2. The van der Waals surface area contributed by atoms with Gasteiger partial charge in [-0.15, -0.1) is 0 Å². The summed E-state index contributed by atoms with van der Waals surface area (Å²) in [5.74, 6) is 0.213. The summed E-state index contributed by atoms with van der Waals surface area (Å²) in [6, 6.07) is 8.31. The lowest BCUT2D eigenvalue weighted by Crippen LogP contribution is -2.62. The van der Waals surface area contributed by atoms with Crippen LogP contribution < -0.4 is 10.2 Å². The highest BCUT2D eigenvalue weighted by Gasteiger charge is 2.55. The van der Waals surface area contributed by atoms with Crippen LogP contribution in [0.5, 0.6) is 0 Å². The van der Waals surface area contributed by atoms with Crippen LogP contribution in [-0.4, -0.2) is 37.6 Å². The molecule has 4 rings (SSSR count). The van der Waals surface area contributed by atoms with E-state index in [-0.39, 0.29) is 16.0 Å². The molecule has 6 nitrogen and oxygen atoms in total. The topological polar surface area (TPSA) is 82.5 Å². The zero-order valence-corrected chi connectivity index (χ0v) is 15.3. The first-order chi connectivity index (χ1) is 11.8. The lowest BCUT2D eigenvalue weighted by Gasteiger charge is -2.46. The van der Waals surface area contributed by atoms with Crippen LogP contribution in [0.1, 0.15) is 5.56 Å². The Hall–Kier alpha value is -1.38. The molecule has 1 aromatic heterocycles. The average Bonchev–Trinajstić information content (AvgIpc) is 2.81. The summed E-state index contributed by atoms with van der Waals surface area (Å²) in [5, 5.41) is 4.00. The molecule has 132 valence electrons. The summed E-state index contributed by atoms with van der Waals surface area (Å²) in [6.07, 6.45) is 1.65. The van der Waals surface area contributed by atoms with Crippen molar-refractivity contribution >= 4 is 39.0 Å². The monoisotopic (exact) mass is 399 g/mol. The Labute approximate surface area is 155 Å². The van der Waals surface area contributed by atoms with E-state index in [1.807, 2.05) is 0 Å². The molecule has 0 saturated carbocycles. The molecule has 0 radical (unpaired) electrons. The highest BCUT2D eigenvalue weighted by atomic mass is 35.5. The molecular weight excluding hydrogens is 385 g/mol. The summed E-state index contributed by atoms with van der Waals surface area (Å²) in [5.41, 5.74) is 0.886. The third kappa shape index (κ3) is 2.71. The molecule has 3 heterocycles. The molecule has 2 N–H and O–H groups in total. The number of halogens is 2. The minimum atomic E-state index is -4.30. The number of fused-ring (bicyclic) bond motifs is 1. The zero-order chi connectivity index (χ0) is 17.8. The van der Waals surface area contributed by atoms with E-state index in [4.69, 9.17) is 23.2 Å². The molecule has 1 unspecified atom stereocenters. The number of hydrogen-bond acceptors (Lipinski definition) is 5. The highest BCUT2D eigenvalue weighted by Crippen LogP contribution is 2.46. The second-order valence-electron chi connectivity index (χ2n) is 6.37. The lowest BCUT2D eigenvalue weighted by molar-refractivity contribution is 0.153. The van der Waals surface area contributed by atoms with Crippen molar-refractivity contribution in [1.29, 1.82) is 0 Å². The number of nitrogens with one attached hydrogen (secondary N) is 1. The van der Waals surface area contributed by atoms with E-state index in [1.165, 1.54) is 6.07 Å². The fourth-order valence-electron chi connectivity index (χ4n) is 3.77. The Morgan fingerprint density at radius 3 is 2.72 bits per heavy atom. The van der Waals surface area contributed by atoms with Crippen LogP contribution in [0.2, 0.25) is 10.2 Å². The van der Waals surface area contributed by atoms with Crippen LogP contribution in [0.15, 0.2) is 41.4 Å². The molecule has 2 aromatic rings. The third-order valence-electron chi connectivity index (χ3n) is 5.03. The van der Waals surface area contributed by atoms with Crippen molar-refractivity contribution < 1.29 is 13.0 Å². The SMILES string of the molecule is O=S(=O)(O)c1ccccc1C12CN(c3cnc(Cl)c(Cl)c3)C[C@@H]1CN2. The normalized spacial score (nSPS) is 25.6. The number of rotatable bonds is 3. The van der Waals surface area contributed by atoms with Crippen LogP contribution in [0.3, 0.4) is 0 Å². The average molecular weight is 400 g/mol. The summed E-state index contributed by atoms with van der Waals surface area (Å²) in [7, 11) is -4.30. The van der Waals surface area contributed by atoms with Crippen LogP contribution in [0.4, 0.5) is 5.69 Å². The molecule has 2 aliphatic rings. The van der Waals surface area contributed by atoms with Crippen LogP contribution >= 0.6 is 23.2 Å². The van der Waals surface area contributed by atoms with E-state index in [9.17, 15) is 13.0 Å². The molecule has 2 saturated heterocycles. The minimum absolute atomic E-state index is 0.0543. The fraction of sp³-hybridized carbons (Fsp3) is 0.312. The van der Waals surface area contributed by atoms with E-state index in [2.05, 4.69) is 15.2 Å². The van der Waals surface area contributed by atoms with Gasteiger partial charge in [-0.05, 0) is 17.7 Å². The van der Waals surface area contributed by atoms with Gasteiger partial charge in [-0.1, -0.05) is 41.4 Å². The third-order valence-corrected chi connectivity index (χ3v) is 6.63. The van der Waals surface area contributed by atoms with Crippen LogP contribution in [0, 0.1) is 5.92 Å². The van der Waals surface area contributed by atoms with Crippen molar-refractivity contribution in [3.05, 3.63) is 52.3 Å². The van der Waals surface area contributed by atoms with Gasteiger partial charge >= 0.3 is 0 Å². The van der Waals surface area contributed by atoms with Gasteiger partial charge in [-0.25, -0.2) is 4.98 Å². The van der Waals surface area contributed by atoms with Crippen LogP contribution in [-0.2, 0) is 15.7 Å². The molecule has 2 fully saturated rings.